The average Bonchev–Trinajstić information content (AvgIpc) is 2.38. The predicted molar refractivity (Wildman–Crippen MR) is 70.7 cm³/mol. The van der Waals surface area contributed by atoms with Crippen LogP contribution in [0, 0.1) is 5.92 Å². The zero-order chi connectivity index (χ0) is 12.8. The van der Waals surface area contributed by atoms with Crippen molar-refractivity contribution >= 4 is 5.78 Å². The van der Waals surface area contributed by atoms with Gasteiger partial charge in [-0.25, -0.2) is 0 Å². The number of carbonyl (C=O) groups excluding carboxylic acids is 1. The van der Waals surface area contributed by atoms with Crippen LogP contribution in [0.2, 0.25) is 0 Å². The van der Waals surface area contributed by atoms with Crippen molar-refractivity contribution in [1.29, 1.82) is 0 Å². The molecule has 2 heteroatoms. The largest absolute Gasteiger partial charge is 0.508 e. The van der Waals surface area contributed by atoms with E-state index >= 15 is 0 Å². The smallest absolute Gasteiger partial charge is 0.155 e. The lowest BCUT2D eigenvalue weighted by molar-refractivity contribution is -0.116. The molecule has 0 saturated heterocycles. The van der Waals surface area contributed by atoms with Gasteiger partial charge >= 0.3 is 0 Å². The highest BCUT2D eigenvalue weighted by atomic mass is 16.3. The summed E-state index contributed by atoms with van der Waals surface area (Å²) in [5.41, 5.74) is 2.56. The molecular weight excluding hydrogens is 224 g/mol. The Kier molecular flexibility index (Phi) is 2.54. The van der Waals surface area contributed by atoms with Gasteiger partial charge in [0.15, 0.2) is 5.78 Å². The summed E-state index contributed by atoms with van der Waals surface area (Å²) < 4.78 is 0. The molecule has 0 amide bonds. The summed E-state index contributed by atoms with van der Waals surface area (Å²) in [5, 5.41) is 9.61. The Labute approximate surface area is 107 Å². The second-order valence-corrected chi connectivity index (χ2v) is 5.47. The fourth-order valence-corrected chi connectivity index (χ4v) is 3.71. The number of carbonyl (C=O) groups is 1. The minimum Gasteiger partial charge on any atom is -0.508 e. The number of hydrogen-bond donors (Lipinski definition) is 1. The Morgan fingerprint density at radius 3 is 3.06 bits per heavy atom. The fourth-order valence-electron chi connectivity index (χ4n) is 3.71. The summed E-state index contributed by atoms with van der Waals surface area (Å²) >= 11 is 0. The summed E-state index contributed by atoms with van der Waals surface area (Å²) in [7, 11) is 0. The summed E-state index contributed by atoms with van der Waals surface area (Å²) in [6, 6.07) is 5.69. The third-order valence-corrected chi connectivity index (χ3v) is 4.68. The van der Waals surface area contributed by atoms with Crippen molar-refractivity contribution in [1.82, 2.24) is 0 Å². The van der Waals surface area contributed by atoms with Crippen LogP contribution in [-0.2, 0) is 16.6 Å². The molecule has 1 aromatic rings. The van der Waals surface area contributed by atoms with Gasteiger partial charge in [-0.05, 0) is 54.5 Å². The fraction of sp³-hybridized carbons (Fsp3) is 0.438. The van der Waals surface area contributed by atoms with Crippen LogP contribution in [0.25, 0.3) is 0 Å². The van der Waals surface area contributed by atoms with Crippen molar-refractivity contribution in [3.8, 4) is 5.75 Å². The zero-order valence-electron chi connectivity index (χ0n) is 10.6. The molecule has 2 atom stereocenters. The van der Waals surface area contributed by atoms with Crippen LogP contribution in [0.1, 0.15) is 37.3 Å². The van der Waals surface area contributed by atoms with E-state index in [2.05, 4.69) is 13.0 Å². The molecule has 0 saturated carbocycles. The second-order valence-electron chi connectivity index (χ2n) is 5.47. The van der Waals surface area contributed by atoms with Crippen molar-refractivity contribution < 1.29 is 9.90 Å². The maximum Gasteiger partial charge on any atom is 0.155 e. The average molecular weight is 242 g/mol. The summed E-state index contributed by atoms with van der Waals surface area (Å²) in [5.74, 6) is 1.03. The molecule has 0 heterocycles. The van der Waals surface area contributed by atoms with Gasteiger partial charge in [0.05, 0.1) is 0 Å². The monoisotopic (exact) mass is 242 g/mol. The number of ketones is 1. The highest BCUT2D eigenvalue weighted by molar-refractivity contribution is 5.91. The van der Waals surface area contributed by atoms with Crippen molar-refractivity contribution in [2.24, 2.45) is 5.92 Å². The first kappa shape index (κ1) is 11.5. The molecular formula is C16H18O2. The predicted octanol–water partition coefficient (Wildman–Crippen LogP) is 3.13. The number of phenols is 1. The molecule has 2 aliphatic rings. The molecule has 1 N–H and O–H groups in total. The van der Waals surface area contributed by atoms with E-state index in [1.807, 2.05) is 12.1 Å². The highest BCUT2D eigenvalue weighted by Crippen LogP contribution is 2.49. The van der Waals surface area contributed by atoms with E-state index in [-0.39, 0.29) is 11.2 Å². The quantitative estimate of drug-likeness (QED) is 0.821. The van der Waals surface area contributed by atoms with Crippen LogP contribution >= 0.6 is 0 Å². The maximum atomic E-state index is 11.6. The van der Waals surface area contributed by atoms with Crippen LogP contribution in [0.5, 0.6) is 5.75 Å². The van der Waals surface area contributed by atoms with Gasteiger partial charge in [0.25, 0.3) is 0 Å². The van der Waals surface area contributed by atoms with Crippen LogP contribution in [0.3, 0.4) is 0 Å². The Hall–Kier alpha value is -1.57. The number of aromatic hydroxyl groups is 1. The van der Waals surface area contributed by atoms with Crippen LogP contribution in [0.15, 0.2) is 30.4 Å². The molecule has 0 spiro atoms. The summed E-state index contributed by atoms with van der Waals surface area (Å²) in [6.07, 6.45) is 7.56. The molecule has 2 aliphatic carbocycles. The van der Waals surface area contributed by atoms with E-state index < -0.39 is 0 Å². The second kappa shape index (κ2) is 3.98. The van der Waals surface area contributed by atoms with Crippen LogP contribution in [0.4, 0.5) is 0 Å². The number of benzene rings is 1. The summed E-state index contributed by atoms with van der Waals surface area (Å²) in [6.45, 7) is 2.19. The van der Waals surface area contributed by atoms with E-state index in [1.54, 1.807) is 12.1 Å². The van der Waals surface area contributed by atoms with Crippen molar-refractivity contribution in [3.05, 3.63) is 41.5 Å². The first-order valence-corrected chi connectivity index (χ1v) is 6.70. The Bertz CT molecular complexity index is 530. The Morgan fingerprint density at radius 1 is 1.44 bits per heavy atom. The molecule has 2 nitrogen and oxygen atoms in total. The number of fused-ring (bicyclic) bond motifs is 3. The van der Waals surface area contributed by atoms with Gasteiger partial charge in [-0.1, -0.05) is 19.1 Å². The minimum atomic E-state index is 0.00912. The molecule has 0 bridgehead atoms. The van der Waals surface area contributed by atoms with Crippen LogP contribution < -0.4 is 0 Å². The van der Waals surface area contributed by atoms with Crippen molar-refractivity contribution in [3.63, 3.8) is 0 Å². The first-order valence-electron chi connectivity index (χ1n) is 6.70. The number of rotatable bonds is 1. The minimum absolute atomic E-state index is 0.00912. The van der Waals surface area contributed by atoms with Gasteiger partial charge in [0.1, 0.15) is 5.75 Å². The van der Waals surface area contributed by atoms with Gasteiger partial charge in [-0.3, -0.25) is 4.79 Å². The van der Waals surface area contributed by atoms with Crippen molar-refractivity contribution in [2.45, 2.75) is 38.0 Å². The van der Waals surface area contributed by atoms with E-state index in [4.69, 9.17) is 0 Å². The molecule has 0 aromatic heterocycles. The summed E-state index contributed by atoms with van der Waals surface area (Å²) in [4.78, 5) is 11.6. The highest BCUT2D eigenvalue weighted by Gasteiger charge is 2.43. The standard InChI is InChI=1S/C16H18O2/c1-2-16-8-7-14(18)10-12(16)4-3-11-9-13(17)5-6-15(11)16/h5-9,12,17H,2-4,10H2,1H3. The van der Waals surface area contributed by atoms with Crippen LogP contribution in [-0.4, -0.2) is 10.9 Å². The van der Waals surface area contributed by atoms with Gasteiger partial charge in [0, 0.05) is 11.8 Å². The Morgan fingerprint density at radius 2 is 2.28 bits per heavy atom. The molecule has 1 aromatic carbocycles. The SMILES string of the molecule is CCC12C=CC(=O)CC1CCc1cc(O)ccc12. The van der Waals surface area contributed by atoms with E-state index in [1.165, 1.54) is 11.1 Å². The number of aryl methyl sites for hydroxylation is 1. The van der Waals surface area contributed by atoms with E-state index in [0.29, 0.717) is 18.1 Å². The van der Waals surface area contributed by atoms with Gasteiger partial charge in [0.2, 0.25) is 0 Å². The Balaban J connectivity index is 2.18. The maximum absolute atomic E-state index is 11.6. The molecule has 0 aliphatic heterocycles. The van der Waals surface area contributed by atoms with E-state index in [9.17, 15) is 9.90 Å². The lowest BCUT2D eigenvalue weighted by atomic mass is 9.58. The van der Waals surface area contributed by atoms with Gasteiger partial charge in [-0.2, -0.15) is 0 Å². The lowest BCUT2D eigenvalue weighted by Crippen LogP contribution is -2.40. The van der Waals surface area contributed by atoms with Gasteiger partial charge < -0.3 is 5.11 Å². The molecule has 18 heavy (non-hydrogen) atoms. The number of phenolic OH excluding ortho intramolecular Hbond substituents is 1. The zero-order valence-corrected chi connectivity index (χ0v) is 10.6. The first-order chi connectivity index (χ1) is 8.65. The third kappa shape index (κ3) is 1.52. The molecule has 94 valence electrons. The lowest BCUT2D eigenvalue weighted by Gasteiger charge is -2.45. The molecule has 2 unspecified atom stereocenters. The molecule has 3 rings (SSSR count). The third-order valence-electron chi connectivity index (χ3n) is 4.68. The number of hydrogen-bond acceptors (Lipinski definition) is 2. The normalized spacial score (nSPS) is 29.8. The molecule has 0 radical (unpaired) electrons. The van der Waals surface area contributed by atoms with Crippen molar-refractivity contribution in [2.75, 3.05) is 0 Å². The van der Waals surface area contributed by atoms with E-state index in [0.717, 1.165) is 19.3 Å². The molecule has 0 fully saturated rings. The topological polar surface area (TPSA) is 37.3 Å². The van der Waals surface area contributed by atoms with Gasteiger partial charge in [-0.15, -0.1) is 0 Å². The number of allylic oxidation sites excluding steroid dienone is 2.